The first kappa shape index (κ1) is 20.3. The molecule has 0 spiro atoms. The van der Waals surface area contributed by atoms with Gasteiger partial charge in [-0.2, -0.15) is 8.78 Å². The highest BCUT2D eigenvalue weighted by Crippen LogP contribution is 2.24. The highest BCUT2D eigenvalue weighted by Gasteiger charge is 2.39. The van der Waals surface area contributed by atoms with Crippen LogP contribution < -0.4 is 0 Å². The third-order valence-electron chi connectivity index (χ3n) is 3.67. The lowest BCUT2D eigenvalue weighted by molar-refractivity contribution is -0.172. The van der Waals surface area contributed by atoms with Crippen molar-refractivity contribution in [1.29, 1.82) is 0 Å². The van der Waals surface area contributed by atoms with Gasteiger partial charge in [-0.05, 0) is 13.3 Å². The van der Waals surface area contributed by atoms with Crippen LogP contribution >= 0.6 is 0 Å². The van der Waals surface area contributed by atoms with E-state index in [9.17, 15) is 13.6 Å². The molecule has 126 valence electrons. The normalized spacial score (nSPS) is 11.6. The van der Waals surface area contributed by atoms with E-state index in [1.165, 1.54) is 51.9 Å². The van der Waals surface area contributed by atoms with Gasteiger partial charge in [-0.3, -0.25) is 0 Å². The van der Waals surface area contributed by atoms with Crippen LogP contribution in [-0.2, 0) is 9.53 Å². The van der Waals surface area contributed by atoms with Gasteiger partial charge in [0.05, 0.1) is 6.61 Å². The number of ether oxygens (including phenoxy) is 1. The van der Waals surface area contributed by atoms with E-state index in [0.29, 0.717) is 6.42 Å². The SMILES string of the molecule is CCCCCCCCCCCCCC(F)(F)C(=O)OCC. The molecular weight excluding hydrogens is 274 g/mol. The zero-order valence-corrected chi connectivity index (χ0v) is 13.8. The monoisotopic (exact) mass is 306 g/mol. The number of hydrogen-bond acceptors (Lipinski definition) is 2. The second-order valence-electron chi connectivity index (χ2n) is 5.71. The van der Waals surface area contributed by atoms with Crippen molar-refractivity contribution in [2.45, 2.75) is 96.8 Å². The van der Waals surface area contributed by atoms with Gasteiger partial charge >= 0.3 is 11.9 Å². The zero-order valence-electron chi connectivity index (χ0n) is 13.8. The van der Waals surface area contributed by atoms with Gasteiger partial charge in [-0.1, -0.05) is 71.1 Å². The van der Waals surface area contributed by atoms with Gasteiger partial charge in [0, 0.05) is 6.42 Å². The molecular formula is C17H32F2O2. The molecule has 0 amide bonds. The van der Waals surface area contributed by atoms with Crippen molar-refractivity contribution in [2.24, 2.45) is 0 Å². The Kier molecular flexibility index (Phi) is 12.6. The number of carbonyl (C=O) groups excluding carboxylic acids is 1. The second kappa shape index (κ2) is 13.0. The topological polar surface area (TPSA) is 26.3 Å². The Morgan fingerprint density at radius 1 is 0.810 bits per heavy atom. The Bertz CT molecular complexity index is 255. The predicted molar refractivity (Wildman–Crippen MR) is 82.7 cm³/mol. The average molecular weight is 306 g/mol. The smallest absolute Gasteiger partial charge is 0.376 e. The van der Waals surface area contributed by atoms with Crippen LogP contribution in [-0.4, -0.2) is 18.5 Å². The van der Waals surface area contributed by atoms with E-state index in [4.69, 9.17) is 0 Å². The van der Waals surface area contributed by atoms with E-state index in [0.717, 1.165) is 19.3 Å². The molecule has 21 heavy (non-hydrogen) atoms. The van der Waals surface area contributed by atoms with E-state index in [2.05, 4.69) is 11.7 Å². The van der Waals surface area contributed by atoms with Crippen LogP contribution in [0.5, 0.6) is 0 Å². The van der Waals surface area contributed by atoms with Crippen molar-refractivity contribution in [2.75, 3.05) is 6.61 Å². The summed E-state index contributed by atoms with van der Waals surface area (Å²) in [6.45, 7) is 3.76. The molecule has 4 heteroatoms. The fourth-order valence-corrected chi connectivity index (χ4v) is 2.35. The summed E-state index contributed by atoms with van der Waals surface area (Å²) < 4.78 is 31.0. The van der Waals surface area contributed by atoms with Crippen LogP contribution in [0, 0.1) is 0 Å². The lowest BCUT2D eigenvalue weighted by Gasteiger charge is -2.14. The number of rotatable bonds is 14. The maximum Gasteiger partial charge on any atom is 0.376 e. The zero-order chi connectivity index (χ0) is 16.0. The fourth-order valence-electron chi connectivity index (χ4n) is 2.35. The van der Waals surface area contributed by atoms with E-state index < -0.39 is 11.9 Å². The first-order valence-corrected chi connectivity index (χ1v) is 8.59. The highest BCUT2D eigenvalue weighted by atomic mass is 19.3. The number of alkyl halides is 2. The van der Waals surface area contributed by atoms with E-state index in [1.807, 2.05) is 0 Å². The van der Waals surface area contributed by atoms with Crippen LogP contribution in [0.25, 0.3) is 0 Å². The van der Waals surface area contributed by atoms with Gasteiger partial charge in [0.2, 0.25) is 0 Å². The van der Waals surface area contributed by atoms with Gasteiger partial charge in [0.25, 0.3) is 0 Å². The number of halogens is 2. The predicted octanol–water partition coefficient (Wildman–Crippen LogP) is 5.89. The Hall–Kier alpha value is -0.670. The Balaban J connectivity index is 3.37. The van der Waals surface area contributed by atoms with E-state index >= 15 is 0 Å². The summed E-state index contributed by atoms with van der Waals surface area (Å²) in [6.07, 6.45) is 11.9. The van der Waals surface area contributed by atoms with Crippen LogP contribution in [0.3, 0.4) is 0 Å². The molecule has 2 nitrogen and oxygen atoms in total. The minimum atomic E-state index is -3.31. The molecule has 0 aromatic heterocycles. The molecule has 0 saturated carbocycles. The molecule has 0 fully saturated rings. The highest BCUT2D eigenvalue weighted by molar-refractivity contribution is 5.77. The molecule has 0 N–H and O–H groups in total. The molecule has 0 heterocycles. The maximum absolute atomic E-state index is 13.3. The Morgan fingerprint density at radius 2 is 1.24 bits per heavy atom. The van der Waals surface area contributed by atoms with Gasteiger partial charge in [-0.25, -0.2) is 4.79 Å². The van der Waals surface area contributed by atoms with Crippen molar-refractivity contribution in [3.8, 4) is 0 Å². The molecule has 0 aliphatic rings. The van der Waals surface area contributed by atoms with Crippen molar-refractivity contribution in [1.82, 2.24) is 0 Å². The third kappa shape index (κ3) is 11.6. The molecule has 0 rings (SSSR count). The molecule has 0 radical (unpaired) electrons. The molecule has 0 aliphatic carbocycles. The first-order valence-electron chi connectivity index (χ1n) is 8.59. The molecule has 0 aliphatic heterocycles. The second-order valence-corrected chi connectivity index (χ2v) is 5.71. The molecule has 0 bridgehead atoms. The minimum Gasteiger partial charge on any atom is -0.462 e. The molecule has 0 aromatic carbocycles. The molecule has 0 atom stereocenters. The largest absolute Gasteiger partial charge is 0.462 e. The van der Waals surface area contributed by atoms with Gasteiger partial charge in [0.1, 0.15) is 0 Å². The molecule has 0 aromatic rings. The quantitative estimate of drug-likeness (QED) is 0.295. The molecule has 0 unspecified atom stereocenters. The van der Waals surface area contributed by atoms with Crippen molar-refractivity contribution in [3.63, 3.8) is 0 Å². The number of hydrogen-bond donors (Lipinski definition) is 0. The maximum atomic E-state index is 13.3. The van der Waals surface area contributed by atoms with Gasteiger partial charge in [0.15, 0.2) is 0 Å². The third-order valence-corrected chi connectivity index (χ3v) is 3.67. The summed E-state index contributed by atoms with van der Waals surface area (Å²) in [7, 11) is 0. The average Bonchev–Trinajstić information content (AvgIpc) is 2.45. The summed E-state index contributed by atoms with van der Waals surface area (Å²) in [5.41, 5.74) is 0. The van der Waals surface area contributed by atoms with Crippen molar-refractivity contribution in [3.05, 3.63) is 0 Å². The summed E-state index contributed by atoms with van der Waals surface area (Å²) in [6, 6.07) is 0. The lowest BCUT2D eigenvalue weighted by atomic mass is 10.0. The number of esters is 1. The fraction of sp³-hybridized carbons (Fsp3) is 0.941. The summed E-state index contributed by atoms with van der Waals surface area (Å²) in [5.74, 6) is -4.69. The minimum absolute atomic E-state index is 0.00663. The number of unbranched alkanes of at least 4 members (excludes halogenated alkanes) is 10. The Morgan fingerprint density at radius 3 is 1.67 bits per heavy atom. The van der Waals surface area contributed by atoms with E-state index in [-0.39, 0.29) is 13.0 Å². The Labute approximate surface area is 128 Å². The summed E-state index contributed by atoms with van der Waals surface area (Å²) in [4.78, 5) is 11.0. The van der Waals surface area contributed by atoms with Crippen LogP contribution in [0.2, 0.25) is 0 Å². The first-order chi connectivity index (χ1) is 10.0. The van der Waals surface area contributed by atoms with Crippen LogP contribution in [0.1, 0.15) is 90.9 Å². The number of carbonyl (C=O) groups is 1. The standard InChI is InChI=1S/C17H32F2O2/c1-3-5-6-7-8-9-10-11-12-13-14-15-17(18,19)16(20)21-4-2/h3-15H2,1-2H3. The van der Waals surface area contributed by atoms with Crippen molar-refractivity contribution >= 4 is 5.97 Å². The van der Waals surface area contributed by atoms with Gasteiger partial charge in [-0.15, -0.1) is 0 Å². The summed E-state index contributed by atoms with van der Waals surface area (Å²) >= 11 is 0. The van der Waals surface area contributed by atoms with Crippen LogP contribution in [0.4, 0.5) is 8.78 Å². The molecule has 0 saturated heterocycles. The van der Waals surface area contributed by atoms with E-state index in [1.54, 1.807) is 0 Å². The lowest BCUT2D eigenvalue weighted by Crippen LogP contribution is -2.30. The van der Waals surface area contributed by atoms with Crippen molar-refractivity contribution < 1.29 is 18.3 Å². The summed E-state index contributed by atoms with van der Waals surface area (Å²) in [5, 5.41) is 0. The van der Waals surface area contributed by atoms with Crippen LogP contribution in [0.15, 0.2) is 0 Å². The van der Waals surface area contributed by atoms with Gasteiger partial charge < -0.3 is 4.74 Å².